The Bertz CT molecular complexity index is 325. The van der Waals surface area contributed by atoms with Gasteiger partial charge in [0, 0.05) is 6.07 Å². The normalized spacial score (nSPS) is 9.69. The van der Waals surface area contributed by atoms with Gasteiger partial charge in [0.25, 0.3) is 5.91 Å². The molecule has 2 N–H and O–H groups in total. The fraction of sp³-hybridized carbons (Fsp3) is 0.222. The molecular formula is C9H10FNO2. The maximum absolute atomic E-state index is 12.9. The third-order valence-electron chi connectivity index (χ3n) is 1.52. The molecule has 0 unspecified atom stereocenters. The van der Waals surface area contributed by atoms with Crippen LogP contribution in [0.25, 0.3) is 0 Å². The molecule has 70 valence electrons. The van der Waals surface area contributed by atoms with Crippen LogP contribution in [0.2, 0.25) is 0 Å². The predicted octanol–water partition coefficient (Wildman–Crippen LogP) is 0.998. The molecule has 0 aromatic heterocycles. The van der Waals surface area contributed by atoms with Crippen LogP contribution in [0.15, 0.2) is 18.2 Å². The summed E-state index contributed by atoms with van der Waals surface area (Å²) in [5, 5.41) is 0. The third-order valence-corrected chi connectivity index (χ3v) is 1.52. The van der Waals surface area contributed by atoms with Crippen LogP contribution in [0.5, 0.6) is 5.75 Å². The number of halogens is 1. The Morgan fingerprint density at radius 2 is 2.31 bits per heavy atom. The monoisotopic (exact) mass is 183 g/mol. The van der Waals surface area contributed by atoms with E-state index in [1.54, 1.807) is 19.1 Å². The largest absolute Gasteiger partial charge is 0.484 e. The lowest BCUT2D eigenvalue weighted by Crippen LogP contribution is -2.20. The first-order chi connectivity index (χ1) is 6.09. The summed E-state index contributed by atoms with van der Waals surface area (Å²) in [4.78, 5) is 10.3. The van der Waals surface area contributed by atoms with Crippen LogP contribution < -0.4 is 10.5 Å². The van der Waals surface area contributed by atoms with Gasteiger partial charge in [-0.15, -0.1) is 0 Å². The van der Waals surface area contributed by atoms with Crippen molar-refractivity contribution in [2.45, 2.75) is 6.92 Å². The summed E-state index contributed by atoms with van der Waals surface area (Å²) < 4.78 is 17.8. The minimum atomic E-state index is -0.582. The van der Waals surface area contributed by atoms with E-state index in [1.165, 1.54) is 6.07 Å². The van der Waals surface area contributed by atoms with E-state index < -0.39 is 5.91 Å². The van der Waals surface area contributed by atoms with Crippen LogP contribution in [0.4, 0.5) is 4.39 Å². The van der Waals surface area contributed by atoms with E-state index in [4.69, 9.17) is 10.5 Å². The van der Waals surface area contributed by atoms with Crippen LogP contribution in [0, 0.1) is 12.7 Å². The number of primary amides is 1. The number of hydrogen-bond acceptors (Lipinski definition) is 2. The molecule has 0 spiro atoms. The number of carbonyl (C=O) groups excluding carboxylic acids is 1. The number of hydrogen-bond donors (Lipinski definition) is 1. The van der Waals surface area contributed by atoms with Crippen LogP contribution in [-0.4, -0.2) is 12.5 Å². The Morgan fingerprint density at radius 3 is 2.85 bits per heavy atom. The SMILES string of the molecule is Cc1ccc(OCC(N)=O)cc1F. The highest BCUT2D eigenvalue weighted by atomic mass is 19.1. The standard InChI is InChI=1S/C9H10FNO2/c1-6-2-3-7(4-8(6)10)13-5-9(11)12/h2-4H,5H2,1H3,(H2,11,12). The molecule has 0 aliphatic rings. The molecule has 4 heteroatoms. The predicted molar refractivity (Wildman–Crippen MR) is 45.8 cm³/mol. The average molecular weight is 183 g/mol. The summed E-state index contributed by atoms with van der Waals surface area (Å²) in [5.74, 6) is -0.634. The van der Waals surface area contributed by atoms with Crippen molar-refractivity contribution < 1.29 is 13.9 Å². The zero-order valence-corrected chi connectivity index (χ0v) is 7.21. The van der Waals surface area contributed by atoms with E-state index in [0.717, 1.165) is 0 Å². The van der Waals surface area contributed by atoms with Crippen molar-refractivity contribution in [2.75, 3.05) is 6.61 Å². The van der Waals surface area contributed by atoms with Gasteiger partial charge in [-0.25, -0.2) is 4.39 Å². The molecule has 0 saturated carbocycles. The Morgan fingerprint density at radius 1 is 1.62 bits per heavy atom. The molecule has 0 bridgehead atoms. The molecule has 1 aromatic carbocycles. The quantitative estimate of drug-likeness (QED) is 0.759. The van der Waals surface area contributed by atoms with Gasteiger partial charge in [-0.2, -0.15) is 0 Å². The highest BCUT2D eigenvalue weighted by Gasteiger charge is 2.01. The smallest absolute Gasteiger partial charge is 0.255 e. The van der Waals surface area contributed by atoms with Gasteiger partial charge in [0.1, 0.15) is 11.6 Å². The van der Waals surface area contributed by atoms with Crippen molar-refractivity contribution in [3.8, 4) is 5.75 Å². The molecule has 1 rings (SSSR count). The van der Waals surface area contributed by atoms with Crippen LogP contribution in [-0.2, 0) is 4.79 Å². The second kappa shape index (κ2) is 3.89. The molecule has 13 heavy (non-hydrogen) atoms. The number of aryl methyl sites for hydroxylation is 1. The lowest BCUT2D eigenvalue weighted by atomic mass is 10.2. The molecule has 1 amide bonds. The van der Waals surface area contributed by atoms with Crippen molar-refractivity contribution in [3.63, 3.8) is 0 Å². The van der Waals surface area contributed by atoms with Gasteiger partial charge < -0.3 is 10.5 Å². The van der Waals surface area contributed by atoms with Gasteiger partial charge in [0.05, 0.1) is 0 Å². The van der Waals surface area contributed by atoms with Gasteiger partial charge in [-0.1, -0.05) is 6.07 Å². The zero-order valence-electron chi connectivity index (χ0n) is 7.21. The summed E-state index contributed by atoms with van der Waals surface area (Å²) >= 11 is 0. The molecular weight excluding hydrogens is 173 g/mol. The maximum atomic E-state index is 12.9. The lowest BCUT2D eigenvalue weighted by Gasteiger charge is -2.04. The van der Waals surface area contributed by atoms with Gasteiger partial charge in [-0.3, -0.25) is 4.79 Å². The first-order valence-electron chi connectivity index (χ1n) is 3.77. The van der Waals surface area contributed by atoms with Crippen LogP contribution in [0.1, 0.15) is 5.56 Å². The van der Waals surface area contributed by atoms with Gasteiger partial charge in [-0.05, 0) is 18.6 Å². The summed E-state index contributed by atoms with van der Waals surface area (Å²) in [6.45, 7) is 1.41. The molecule has 0 fully saturated rings. The second-order valence-corrected chi connectivity index (χ2v) is 2.67. The third kappa shape index (κ3) is 2.74. The zero-order chi connectivity index (χ0) is 9.84. The van der Waals surface area contributed by atoms with Gasteiger partial charge >= 0.3 is 0 Å². The number of ether oxygens (including phenoxy) is 1. The first kappa shape index (κ1) is 9.51. The van der Waals surface area contributed by atoms with Crippen molar-refractivity contribution >= 4 is 5.91 Å². The Labute approximate surface area is 75.3 Å². The van der Waals surface area contributed by atoms with Gasteiger partial charge in [0.2, 0.25) is 0 Å². The number of benzene rings is 1. The maximum Gasteiger partial charge on any atom is 0.255 e. The fourth-order valence-electron chi connectivity index (χ4n) is 0.818. The van der Waals surface area contributed by atoms with Crippen LogP contribution >= 0.6 is 0 Å². The van der Waals surface area contributed by atoms with Crippen LogP contribution in [0.3, 0.4) is 0 Å². The fourth-order valence-corrected chi connectivity index (χ4v) is 0.818. The number of carbonyl (C=O) groups is 1. The van der Waals surface area contributed by atoms with Crippen molar-refractivity contribution in [3.05, 3.63) is 29.6 Å². The number of amides is 1. The summed E-state index contributed by atoms with van der Waals surface area (Å²) in [6, 6.07) is 4.38. The minimum Gasteiger partial charge on any atom is -0.484 e. The highest BCUT2D eigenvalue weighted by Crippen LogP contribution is 2.15. The van der Waals surface area contributed by atoms with Crippen molar-refractivity contribution in [1.82, 2.24) is 0 Å². The summed E-state index contributed by atoms with van der Waals surface area (Å²) in [7, 11) is 0. The van der Waals surface area contributed by atoms with Crippen molar-refractivity contribution in [1.29, 1.82) is 0 Å². The van der Waals surface area contributed by atoms with E-state index in [9.17, 15) is 9.18 Å². The Balaban J connectivity index is 2.68. The Kier molecular flexibility index (Phi) is 2.84. The summed E-state index contributed by atoms with van der Waals surface area (Å²) in [5.41, 5.74) is 5.38. The summed E-state index contributed by atoms with van der Waals surface area (Å²) in [6.07, 6.45) is 0. The van der Waals surface area contributed by atoms with Crippen molar-refractivity contribution in [2.24, 2.45) is 5.73 Å². The molecule has 0 aliphatic heterocycles. The topological polar surface area (TPSA) is 52.3 Å². The molecule has 1 aromatic rings. The molecule has 0 aliphatic carbocycles. The van der Waals surface area contributed by atoms with E-state index in [0.29, 0.717) is 11.3 Å². The second-order valence-electron chi connectivity index (χ2n) is 2.67. The Hall–Kier alpha value is -1.58. The molecule has 3 nitrogen and oxygen atoms in total. The number of rotatable bonds is 3. The van der Waals surface area contributed by atoms with E-state index in [-0.39, 0.29) is 12.4 Å². The number of nitrogens with two attached hydrogens (primary N) is 1. The molecule has 0 heterocycles. The first-order valence-corrected chi connectivity index (χ1v) is 3.77. The van der Waals surface area contributed by atoms with E-state index >= 15 is 0 Å². The highest BCUT2D eigenvalue weighted by molar-refractivity contribution is 5.75. The lowest BCUT2D eigenvalue weighted by molar-refractivity contribution is -0.119. The minimum absolute atomic E-state index is 0.234. The van der Waals surface area contributed by atoms with Gasteiger partial charge in [0.15, 0.2) is 6.61 Å². The molecule has 0 saturated heterocycles. The molecule has 0 radical (unpaired) electrons. The average Bonchev–Trinajstić information content (AvgIpc) is 2.07. The molecule has 0 atom stereocenters. The van der Waals surface area contributed by atoms with E-state index in [2.05, 4.69) is 0 Å². The van der Waals surface area contributed by atoms with E-state index in [1.807, 2.05) is 0 Å².